The van der Waals surface area contributed by atoms with Crippen LogP contribution in [-0.4, -0.2) is 30.6 Å². The number of nitrogens with zero attached hydrogens (tertiary/aromatic N) is 1. The van der Waals surface area contributed by atoms with E-state index in [4.69, 9.17) is 0 Å². The van der Waals surface area contributed by atoms with Gasteiger partial charge in [-0.2, -0.15) is 8.42 Å². The van der Waals surface area contributed by atoms with Crippen LogP contribution >= 0.6 is 0 Å². The number of pyridine rings is 1. The van der Waals surface area contributed by atoms with E-state index in [0.29, 0.717) is 24.3 Å². The van der Waals surface area contributed by atoms with E-state index in [-0.39, 0.29) is 5.54 Å². The van der Waals surface area contributed by atoms with Gasteiger partial charge in [-0.3, -0.25) is 14.4 Å². The smallest absolute Gasteiger partial charge is 0.321 e. The quantitative estimate of drug-likeness (QED) is 0.386. The summed E-state index contributed by atoms with van der Waals surface area (Å²) in [5, 5.41) is 13.7. The van der Waals surface area contributed by atoms with Gasteiger partial charge in [-0.25, -0.2) is 0 Å². The van der Waals surface area contributed by atoms with Gasteiger partial charge in [0.2, 0.25) is 0 Å². The van der Waals surface area contributed by atoms with Crippen LogP contribution in [0.5, 0.6) is 0 Å². The van der Waals surface area contributed by atoms with Crippen LogP contribution in [0.25, 0.3) is 0 Å². The number of anilines is 2. The summed E-state index contributed by atoms with van der Waals surface area (Å²) in [7, 11) is -3.73. The van der Waals surface area contributed by atoms with Gasteiger partial charge < -0.3 is 10.4 Å². The number of para-hydroxylation sites is 1. The monoisotopic (exact) mass is 440 g/mol. The van der Waals surface area contributed by atoms with Crippen molar-refractivity contribution in [2.24, 2.45) is 0 Å². The Balaban J connectivity index is 1.54. The maximum atomic E-state index is 12.3. The third kappa shape index (κ3) is 7.36. The van der Waals surface area contributed by atoms with E-state index in [0.717, 1.165) is 11.1 Å². The Kier molecular flexibility index (Phi) is 7.27. The zero-order chi connectivity index (χ0) is 22.3. The summed E-state index contributed by atoms with van der Waals surface area (Å²) in [4.78, 5) is 4.03. The summed E-state index contributed by atoms with van der Waals surface area (Å²) >= 11 is 0. The van der Waals surface area contributed by atoms with Crippen molar-refractivity contribution in [3.63, 3.8) is 0 Å². The zero-order valence-electron chi connectivity index (χ0n) is 17.6. The molecule has 0 unspecified atom stereocenters. The number of aliphatic hydroxyl groups excluding tert-OH is 1. The van der Waals surface area contributed by atoms with Crippen molar-refractivity contribution in [3.05, 3.63) is 90.3 Å². The number of nitrogens with one attached hydrogen (secondary N) is 3. The van der Waals surface area contributed by atoms with Gasteiger partial charge in [-0.05, 0) is 56.2 Å². The van der Waals surface area contributed by atoms with Crippen molar-refractivity contribution >= 4 is 21.6 Å². The Bertz CT molecular complexity index is 1060. The second-order valence-electron chi connectivity index (χ2n) is 8.01. The lowest BCUT2D eigenvalue weighted by atomic mass is 9.94. The second kappa shape index (κ2) is 9.91. The summed E-state index contributed by atoms with van der Waals surface area (Å²) in [6.07, 6.45) is 3.41. The first-order chi connectivity index (χ1) is 14.7. The third-order valence-corrected chi connectivity index (χ3v) is 5.73. The molecule has 1 heterocycles. The number of β-amino-alcohol motifs (C(OH)–C–C–N with tert-alkyl or cyclic N) is 1. The van der Waals surface area contributed by atoms with Gasteiger partial charge in [0.15, 0.2) is 0 Å². The van der Waals surface area contributed by atoms with Gasteiger partial charge in [-0.15, -0.1) is 0 Å². The standard InChI is InChI=1S/C23H28N4O3S/c1-23(2,25-17-22(28)19-7-6-14-24-16-19)15-18-10-12-21(13-11-18)27-31(29,30)26-20-8-4-3-5-9-20/h3-14,16,22,25-28H,15,17H2,1-2H3/t22-/m0/s1. The fraction of sp³-hybridized carbons (Fsp3) is 0.261. The first kappa shape index (κ1) is 22.7. The van der Waals surface area contributed by atoms with Crippen LogP contribution in [0.3, 0.4) is 0 Å². The first-order valence-corrected chi connectivity index (χ1v) is 11.5. The number of benzene rings is 2. The summed E-state index contributed by atoms with van der Waals surface area (Å²) in [6, 6.07) is 19.6. The molecule has 0 aliphatic carbocycles. The van der Waals surface area contributed by atoms with Crippen LogP contribution in [0.1, 0.15) is 31.1 Å². The van der Waals surface area contributed by atoms with E-state index in [1.54, 1.807) is 54.9 Å². The molecular weight excluding hydrogens is 412 g/mol. The van der Waals surface area contributed by atoms with Crippen molar-refractivity contribution in [2.45, 2.75) is 31.9 Å². The van der Waals surface area contributed by atoms with Crippen LogP contribution in [0.2, 0.25) is 0 Å². The Morgan fingerprint density at radius 3 is 2.19 bits per heavy atom. The van der Waals surface area contributed by atoms with E-state index >= 15 is 0 Å². The molecule has 0 aliphatic rings. The van der Waals surface area contributed by atoms with Crippen molar-refractivity contribution in [3.8, 4) is 0 Å². The molecule has 164 valence electrons. The topological polar surface area (TPSA) is 103 Å². The normalized spacial score (nSPS) is 12.9. The van der Waals surface area contributed by atoms with Crippen molar-refractivity contribution < 1.29 is 13.5 Å². The molecule has 0 spiro atoms. The van der Waals surface area contributed by atoms with Crippen LogP contribution in [0.15, 0.2) is 79.1 Å². The second-order valence-corrected chi connectivity index (χ2v) is 9.43. The Morgan fingerprint density at radius 1 is 0.935 bits per heavy atom. The molecule has 0 fully saturated rings. The summed E-state index contributed by atoms with van der Waals surface area (Å²) in [5.41, 5.74) is 2.52. The van der Waals surface area contributed by atoms with E-state index < -0.39 is 16.3 Å². The molecule has 2 aromatic carbocycles. The summed E-state index contributed by atoms with van der Waals surface area (Å²) in [5.74, 6) is 0. The molecule has 0 saturated carbocycles. The van der Waals surface area contributed by atoms with E-state index in [1.807, 2.05) is 24.3 Å². The molecule has 3 rings (SSSR count). The minimum atomic E-state index is -3.73. The largest absolute Gasteiger partial charge is 0.387 e. The minimum Gasteiger partial charge on any atom is -0.387 e. The predicted octanol–water partition coefficient (Wildman–Crippen LogP) is 3.49. The molecule has 3 aromatic rings. The van der Waals surface area contributed by atoms with Crippen molar-refractivity contribution in [2.75, 3.05) is 16.0 Å². The number of aliphatic hydroxyl groups is 1. The van der Waals surface area contributed by atoms with E-state index in [2.05, 4.69) is 33.6 Å². The molecule has 1 atom stereocenters. The fourth-order valence-corrected chi connectivity index (χ4v) is 4.11. The van der Waals surface area contributed by atoms with Gasteiger partial charge >= 0.3 is 10.2 Å². The van der Waals surface area contributed by atoms with Gasteiger partial charge in [-0.1, -0.05) is 36.4 Å². The van der Waals surface area contributed by atoms with Crippen LogP contribution in [0.4, 0.5) is 11.4 Å². The highest BCUT2D eigenvalue weighted by molar-refractivity contribution is 7.94. The van der Waals surface area contributed by atoms with Crippen molar-refractivity contribution in [1.29, 1.82) is 0 Å². The Morgan fingerprint density at radius 2 is 1.58 bits per heavy atom. The van der Waals surface area contributed by atoms with Gasteiger partial charge in [0.1, 0.15) is 0 Å². The Hall–Kier alpha value is -2.94. The highest BCUT2D eigenvalue weighted by Crippen LogP contribution is 2.19. The maximum Gasteiger partial charge on any atom is 0.321 e. The molecule has 0 radical (unpaired) electrons. The van der Waals surface area contributed by atoms with E-state index in [1.165, 1.54) is 0 Å². The lowest BCUT2D eigenvalue weighted by Gasteiger charge is -2.28. The number of rotatable bonds is 10. The van der Waals surface area contributed by atoms with Crippen molar-refractivity contribution in [1.82, 2.24) is 10.3 Å². The zero-order valence-corrected chi connectivity index (χ0v) is 18.4. The lowest BCUT2D eigenvalue weighted by molar-refractivity contribution is 0.160. The molecule has 4 N–H and O–H groups in total. The molecule has 0 amide bonds. The fourth-order valence-electron chi connectivity index (χ4n) is 3.17. The van der Waals surface area contributed by atoms with Crippen LogP contribution in [0, 0.1) is 0 Å². The third-order valence-electron chi connectivity index (χ3n) is 4.72. The van der Waals surface area contributed by atoms with Gasteiger partial charge in [0, 0.05) is 30.0 Å². The highest BCUT2D eigenvalue weighted by atomic mass is 32.2. The number of hydrogen-bond acceptors (Lipinski definition) is 5. The first-order valence-electron chi connectivity index (χ1n) is 10.00. The summed E-state index contributed by atoms with van der Waals surface area (Å²) in [6.45, 7) is 4.52. The average molecular weight is 441 g/mol. The van der Waals surface area contributed by atoms with Crippen LogP contribution < -0.4 is 14.8 Å². The Labute approximate surface area is 183 Å². The van der Waals surface area contributed by atoms with Gasteiger partial charge in [0.25, 0.3) is 0 Å². The molecule has 1 aromatic heterocycles. The molecule has 0 aliphatic heterocycles. The molecule has 31 heavy (non-hydrogen) atoms. The average Bonchev–Trinajstić information content (AvgIpc) is 2.74. The van der Waals surface area contributed by atoms with E-state index in [9.17, 15) is 13.5 Å². The molecule has 0 saturated heterocycles. The maximum absolute atomic E-state index is 12.3. The molecule has 0 bridgehead atoms. The molecule has 7 nitrogen and oxygen atoms in total. The minimum absolute atomic E-state index is 0.265. The highest BCUT2D eigenvalue weighted by Gasteiger charge is 2.20. The van der Waals surface area contributed by atoms with Crippen LogP contribution in [-0.2, 0) is 16.6 Å². The van der Waals surface area contributed by atoms with Gasteiger partial charge in [0.05, 0.1) is 17.5 Å². The SMILES string of the molecule is CC(C)(Cc1ccc(NS(=O)(=O)Nc2ccccc2)cc1)NC[C@H](O)c1cccnc1. The summed E-state index contributed by atoms with van der Waals surface area (Å²) < 4.78 is 29.6. The molecular formula is C23H28N4O3S. The lowest BCUT2D eigenvalue weighted by Crippen LogP contribution is -2.43. The molecule has 8 heteroatoms. The number of hydrogen-bond donors (Lipinski definition) is 4. The predicted molar refractivity (Wildman–Crippen MR) is 124 cm³/mol. The number of aromatic nitrogens is 1.